The Morgan fingerprint density at radius 3 is 2.88 bits per heavy atom. The second-order valence-corrected chi connectivity index (χ2v) is 7.51. The molecular formula is C17H22FNO4S. The first-order valence-corrected chi connectivity index (χ1v) is 9.41. The van der Waals surface area contributed by atoms with Gasteiger partial charge in [-0.1, -0.05) is 6.42 Å². The number of ether oxygens (including phenoxy) is 2. The van der Waals surface area contributed by atoms with Crippen molar-refractivity contribution in [1.82, 2.24) is 5.32 Å². The predicted molar refractivity (Wildman–Crippen MR) is 90.1 cm³/mol. The first kappa shape index (κ1) is 17.2. The number of carbonyl (C=O) groups excluding carboxylic acids is 1. The Hall–Kier alpha value is -1.63. The maximum absolute atomic E-state index is 13.2. The van der Waals surface area contributed by atoms with Crippen LogP contribution < -0.4 is 14.8 Å². The highest BCUT2D eigenvalue weighted by atomic mass is 32.2. The van der Waals surface area contributed by atoms with Gasteiger partial charge in [0.05, 0.1) is 6.54 Å². The number of hydrogen-bond acceptors (Lipinski definition) is 5. The minimum Gasteiger partial charge on any atom is -0.505 e. The van der Waals surface area contributed by atoms with Crippen LogP contribution in [0.2, 0.25) is 0 Å². The molecule has 0 aromatic heterocycles. The zero-order valence-corrected chi connectivity index (χ0v) is 14.2. The summed E-state index contributed by atoms with van der Waals surface area (Å²) in [5.41, 5.74) is 0. The standard InChI is InChI=1S/C17H22FNO4S/c18-12-8-14-15(9-13(12)20)23-17(22-14)10-19-16(21)6-2-1-4-11-5-3-7-24-11/h8-9,11,17,20H,1-7,10H2,(H,19,21). The van der Waals surface area contributed by atoms with E-state index in [1.807, 2.05) is 11.8 Å². The largest absolute Gasteiger partial charge is 0.505 e. The molecule has 1 aromatic carbocycles. The number of aromatic hydroxyl groups is 1. The number of nitrogens with one attached hydrogen (secondary N) is 1. The topological polar surface area (TPSA) is 67.8 Å². The van der Waals surface area contributed by atoms with Crippen LogP contribution in [0.4, 0.5) is 4.39 Å². The van der Waals surface area contributed by atoms with Gasteiger partial charge in [0, 0.05) is 23.8 Å². The summed E-state index contributed by atoms with van der Waals surface area (Å²) in [7, 11) is 0. The molecule has 7 heteroatoms. The van der Waals surface area contributed by atoms with Crippen LogP contribution in [0.15, 0.2) is 12.1 Å². The maximum Gasteiger partial charge on any atom is 0.258 e. The summed E-state index contributed by atoms with van der Waals surface area (Å²) >= 11 is 2.05. The zero-order valence-electron chi connectivity index (χ0n) is 13.4. The SMILES string of the molecule is O=C(CCCCC1CCCS1)NCC1Oc2cc(O)c(F)cc2O1. The fourth-order valence-corrected chi connectivity index (χ4v) is 4.25. The third-order valence-corrected chi connectivity index (χ3v) is 5.67. The molecule has 2 atom stereocenters. The van der Waals surface area contributed by atoms with Gasteiger partial charge in [-0.05, 0) is 31.4 Å². The van der Waals surface area contributed by atoms with E-state index in [1.54, 1.807) is 0 Å². The second-order valence-electron chi connectivity index (χ2n) is 6.10. The van der Waals surface area contributed by atoms with Crippen LogP contribution in [0.3, 0.4) is 0 Å². The van der Waals surface area contributed by atoms with Crippen molar-refractivity contribution >= 4 is 17.7 Å². The van der Waals surface area contributed by atoms with Crippen LogP contribution >= 0.6 is 11.8 Å². The van der Waals surface area contributed by atoms with E-state index in [0.717, 1.165) is 24.2 Å². The van der Waals surface area contributed by atoms with Crippen LogP contribution in [0.5, 0.6) is 17.2 Å². The number of phenols is 1. The van der Waals surface area contributed by atoms with Crippen molar-refractivity contribution in [3.8, 4) is 17.2 Å². The monoisotopic (exact) mass is 355 g/mol. The first-order chi connectivity index (χ1) is 11.6. The van der Waals surface area contributed by atoms with E-state index in [1.165, 1.54) is 31.1 Å². The Balaban J connectivity index is 1.32. The van der Waals surface area contributed by atoms with Gasteiger partial charge in [-0.15, -0.1) is 0 Å². The van der Waals surface area contributed by atoms with Crippen molar-refractivity contribution < 1.29 is 23.8 Å². The third-order valence-electron chi connectivity index (χ3n) is 4.20. The van der Waals surface area contributed by atoms with Crippen LogP contribution in [-0.4, -0.2) is 34.9 Å². The summed E-state index contributed by atoms with van der Waals surface area (Å²) in [5, 5.41) is 12.9. The number of thioether (sulfide) groups is 1. The molecule has 3 rings (SSSR count). The number of fused-ring (bicyclic) bond motifs is 1. The average molecular weight is 355 g/mol. The quantitative estimate of drug-likeness (QED) is 0.735. The lowest BCUT2D eigenvalue weighted by atomic mass is 10.1. The molecule has 132 valence electrons. The zero-order chi connectivity index (χ0) is 16.9. The normalized spacial score (nSPS) is 21.9. The molecule has 2 aliphatic rings. The van der Waals surface area contributed by atoms with Gasteiger partial charge in [0.2, 0.25) is 5.91 Å². The molecule has 24 heavy (non-hydrogen) atoms. The summed E-state index contributed by atoms with van der Waals surface area (Å²) in [6, 6.07) is 2.25. The van der Waals surface area contributed by atoms with E-state index in [4.69, 9.17) is 9.47 Å². The van der Waals surface area contributed by atoms with E-state index in [2.05, 4.69) is 5.32 Å². The van der Waals surface area contributed by atoms with Crippen LogP contribution in [-0.2, 0) is 4.79 Å². The van der Waals surface area contributed by atoms with Crippen molar-refractivity contribution in [2.45, 2.75) is 50.1 Å². The minimum atomic E-state index is -0.762. The van der Waals surface area contributed by atoms with Gasteiger partial charge in [0.1, 0.15) is 0 Å². The van der Waals surface area contributed by atoms with E-state index in [0.29, 0.717) is 6.42 Å². The molecule has 1 amide bonds. The summed E-state index contributed by atoms with van der Waals surface area (Å²) < 4.78 is 24.1. The Labute approximate surface area is 144 Å². The first-order valence-electron chi connectivity index (χ1n) is 8.36. The Morgan fingerprint density at radius 1 is 1.33 bits per heavy atom. The number of hydrogen-bond donors (Lipinski definition) is 2. The fourth-order valence-electron chi connectivity index (χ4n) is 2.91. The summed E-state index contributed by atoms with van der Waals surface area (Å²) in [6.45, 7) is 0.189. The van der Waals surface area contributed by atoms with Crippen molar-refractivity contribution in [2.75, 3.05) is 12.3 Å². The van der Waals surface area contributed by atoms with Crippen LogP contribution in [0.25, 0.3) is 0 Å². The molecular weight excluding hydrogens is 333 g/mol. The molecule has 5 nitrogen and oxygen atoms in total. The number of phenolic OH excluding ortho intramolecular Hbond substituents is 1. The van der Waals surface area contributed by atoms with E-state index in [9.17, 15) is 14.3 Å². The lowest BCUT2D eigenvalue weighted by Crippen LogP contribution is -2.36. The van der Waals surface area contributed by atoms with E-state index in [-0.39, 0.29) is 24.0 Å². The maximum atomic E-state index is 13.2. The van der Waals surface area contributed by atoms with Gasteiger partial charge in [0.15, 0.2) is 23.1 Å². The van der Waals surface area contributed by atoms with Gasteiger partial charge in [-0.3, -0.25) is 4.79 Å². The van der Waals surface area contributed by atoms with Crippen LogP contribution in [0.1, 0.15) is 38.5 Å². The molecule has 2 aliphatic heterocycles. The van der Waals surface area contributed by atoms with Gasteiger partial charge in [0.25, 0.3) is 6.29 Å². The summed E-state index contributed by atoms with van der Waals surface area (Å²) in [6.07, 6.45) is 5.58. The van der Waals surface area contributed by atoms with Crippen molar-refractivity contribution in [3.63, 3.8) is 0 Å². The number of halogens is 1. The molecule has 1 aromatic rings. The minimum absolute atomic E-state index is 0.0359. The number of benzene rings is 1. The van der Waals surface area contributed by atoms with Gasteiger partial charge in [-0.2, -0.15) is 11.8 Å². The molecule has 0 saturated carbocycles. The molecule has 0 spiro atoms. The number of unbranched alkanes of at least 4 members (excludes halogenated alkanes) is 1. The Kier molecular flexibility index (Phi) is 5.71. The summed E-state index contributed by atoms with van der Waals surface area (Å²) in [4.78, 5) is 11.8. The molecule has 0 bridgehead atoms. The van der Waals surface area contributed by atoms with Gasteiger partial charge in [-0.25, -0.2) is 4.39 Å². The number of rotatable bonds is 7. The highest BCUT2D eigenvalue weighted by Crippen LogP contribution is 2.38. The Bertz CT molecular complexity index is 561. The van der Waals surface area contributed by atoms with Gasteiger partial charge < -0.3 is 19.9 Å². The molecule has 1 fully saturated rings. The molecule has 2 N–H and O–H groups in total. The third kappa shape index (κ3) is 4.47. The highest BCUT2D eigenvalue weighted by molar-refractivity contribution is 8.00. The summed E-state index contributed by atoms with van der Waals surface area (Å²) in [5.74, 6) is 0.508. The number of amides is 1. The number of carbonyl (C=O) groups is 1. The Morgan fingerprint density at radius 2 is 2.12 bits per heavy atom. The molecule has 2 heterocycles. The second kappa shape index (κ2) is 7.96. The van der Waals surface area contributed by atoms with E-state index < -0.39 is 17.9 Å². The van der Waals surface area contributed by atoms with Crippen molar-refractivity contribution in [2.24, 2.45) is 0 Å². The molecule has 1 saturated heterocycles. The molecule has 0 aliphatic carbocycles. The molecule has 0 radical (unpaired) electrons. The molecule has 2 unspecified atom stereocenters. The highest BCUT2D eigenvalue weighted by Gasteiger charge is 2.26. The van der Waals surface area contributed by atoms with E-state index >= 15 is 0 Å². The lowest BCUT2D eigenvalue weighted by Gasteiger charge is -2.12. The van der Waals surface area contributed by atoms with Crippen molar-refractivity contribution in [3.05, 3.63) is 17.9 Å². The average Bonchev–Trinajstić information content (AvgIpc) is 3.19. The fraction of sp³-hybridized carbons (Fsp3) is 0.588. The van der Waals surface area contributed by atoms with Crippen molar-refractivity contribution in [1.29, 1.82) is 0 Å². The smallest absolute Gasteiger partial charge is 0.258 e. The van der Waals surface area contributed by atoms with Gasteiger partial charge >= 0.3 is 0 Å². The van der Waals surface area contributed by atoms with Crippen LogP contribution in [0, 0.1) is 5.82 Å². The predicted octanol–water partition coefficient (Wildman–Crippen LogP) is 3.20. The lowest BCUT2D eigenvalue weighted by molar-refractivity contribution is -0.122.